The smallest absolute Gasteiger partial charge is 0.329 e. The molecule has 0 aromatic heterocycles. The number of nitriles is 1. The van der Waals surface area contributed by atoms with Gasteiger partial charge in [-0.25, -0.2) is 4.79 Å². The zero-order chi connectivity index (χ0) is 20.5. The maximum atomic E-state index is 12.7. The first kappa shape index (κ1) is 19.8. The Hall–Kier alpha value is -3.91. The van der Waals surface area contributed by atoms with Gasteiger partial charge in [-0.3, -0.25) is 4.79 Å². The average Bonchev–Trinajstić information content (AvgIpc) is 2.78. The minimum atomic E-state index is -0.816. The molecular weight excluding hydrogens is 364 g/mol. The number of nitrogens with one attached hydrogen (secondary N) is 1. The van der Waals surface area contributed by atoms with Gasteiger partial charge in [0.05, 0.1) is 11.6 Å². The Balaban J connectivity index is 1.69. The van der Waals surface area contributed by atoms with Gasteiger partial charge in [0.15, 0.2) is 0 Å². The molecule has 3 aromatic carbocycles. The van der Waals surface area contributed by atoms with Crippen LogP contribution in [0.5, 0.6) is 0 Å². The van der Waals surface area contributed by atoms with E-state index in [0.717, 1.165) is 11.1 Å². The molecule has 0 saturated carbocycles. The lowest BCUT2D eigenvalue weighted by Gasteiger charge is -2.18. The van der Waals surface area contributed by atoms with Crippen LogP contribution in [0.4, 0.5) is 0 Å². The van der Waals surface area contributed by atoms with Gasteiger partial charge in [0.2, 0.25) is 0 Å². The van der Waals surface area contributed by atoms with Crippen molar-refractivity contribution in [3.63, 3.8) is 0 Å². The molecule has 3 aromatic rings. The molecule has 29 heavy (non-hydrogen) atoms. The first-order valence-electron chi connectivity index (χ1n) is 9.21. The molecule has 0 radical (unpaired) electrons. The summed E-state index contributed by atoms with van der Waals surface area (Å²) in [6.45, 7) is 0.0665. The lowest BCUT2D eigenvalue weighted by Crippen LogP contribution is -2.43. The summed E-state index contributed by atoms with van der Waals surface area (Å²) in [5.74, 6) is -0.843. The second-order valence-electron chi connectivity index (χ2n) is 6.50. The molecule has 5 nitrogen and oxygen atoms in total. The van der Waals surface area contributed by atoms with E-state index in [0.29, 0.717) is 17.5 Å². The van der Waals surface area contributed by atoms with E-state index < -0.39 is 12.0 Å². The Morgan fingerprint density at radius 1 is 0.862 bits per heavy atom. The van der Waals surface area contributed by atoms with Gasteiger partial charge in [-0.2, -0.15) is 5.26 Å². The highest BCUT2D eigenvalue weighted by Crippen LogP contribution is 2.09. The van der Waals surface area contributed by atoms with Crippen LogP contribution in [0.15, 0.2) is 84.9 Å². The predicted molar refractivity (Wildman–Crippen MR) is 109 cm³/mol. The summed E-state index contributed by atoms with van der Waals surface area (Å²) in [5, 5.41) is 11.6. The summed E-state index contributed by atoms with van der Waals surface area (Å²) in [5.41, 5.74) is 2.70. The summed E-state index contributed by atoms with van der Waals surface area (Å²) in [6, 6.07) is 26.2. The van der Waals surface area contributed by atoms with Gasteiger partial charge < -0.3 is 10.1 Å². The minimum absolute atomic E-state index is 0.0665. The third kappa shape index (κ3) is 5.78. The van der Waals surface area contributed by atoms with E-state index >= 15 is 0 Å². The van der Waals surface area contributed by atoms with Crippen molar-refractivity contribution in [2.75, 3.05) is 0 Å². The lowest BCUT2D eigenvalue weighted by atomic mass is 10.1. The van der Waals surface area contributed by atoms with Gasteiger partial charge in [-0.05, 0) is 35.4 Å². The fourth-order valence-corrected chi connectivity index (χ4v) is 2.80. The summed E-state index contributed by atoms with van der Waals surface area (Å²) in [7, 11) is 0. The van der Waals surface area contributed by atoms with E-state index in [-0.39, 0.29) is 12.5 Å². The largest absolute Gasteiger partial charge is 0.459 e. The molecule has 0 unspecified atom stereocenters. The number of carbonyl (C=O) groups is 2. The van der Waals surface area contributed by atoms with E-state index in [1.165, 1.54) is 0 Å². The molecule has 1 amide bonds. The standard InChI is InChI=1S/C24H20N2O3/c25-16-19-11-13-20(14-12-19)17-29-24(28)22(15-18-7-3-1-4-8-18)26-23(27)21-9-5-2-6-10-21/h1-14,22H,15,17H2,(H,26,27)/t22-/m1/s1. The van der Waals surface area contributed by atoms with Gasteiger partial charge in [-0.1, -0.05) is 60.7 Å². The molecule has 144 valence electrons. The quantitative estimate of drug-likeness (QED) is 0.631. The van der Waals surface area contributed by atoms with Gasteiger partial charge in [0.25, 0.3) is 5.91 Å². The molecule has 0 fully saturated rings. The summed E-state index contributed by atoms with van der Waals surface area (Å²) in [6.07, 6.45) is 0.325. The molecule has 0 heterocycles. The monoisotopic (exact) mass is 384 g/mol. The topological polar surface area (TPSA) is 79.2 Å². The molecule has 5 heteroatoms. The number of amides is 1. The fourth-order valence-electron chi connectivity index (χ4n) is 2.80. The third-order valence-electron chi connectivity index (χ3n) is 4.37. The minimum Gasteiger partial charge on any atom is -0.459 e. The van der Waals surface area contributed by atoms with Crippen LogP contribution in [0.1, 0.15) is 27.0 Å². The Labute approximate surface area is 169 Å². The van der Waals surface area contributed by atoms with E-state index in [4.69, 9.17) is 10.00 Å². The molecule has 1 atom stereocenters. The van der Waals surface area contributed by atoms with E-state index in [9.17, 15) is 9.59 Å². The highest BCUT2D eigenvalue weighted by molar-refractivity contribution is 5.96. The zero-order valence-electron chi connectivity index (χ0n) is 15.7. The van der Waals surface area contributed by atoms with Gasteiger partial charge in [-0.15, -0.1) is 0 Å². The first-order valence-corrected chi connectivity index (χ1v) is 9.21. The number of rotatable bonds is 7. The van der Waals surface area contributed by atoms with Crippen molar-refractivity contribution in [2.45, 2.75) is 19.1 Å². The van der Waals surface area contributed by atoms with Crippen LogP contribution in [-0.2, 0) is 22.6 Å². The van der Waals surface area contributed by atoms with Gasteiger partial charge >= 0.3 is 5.97 Å². The number of nitrogens with zero attached hydrogens (tertiary/aromatic N) is 1. The Morgan fingerprint density at radius 2 is 1.48 bits per heavy atom. The van der Waals surface area contributed by atoms with E-state index in [1.54, 1.807) is 48.5 Å². The van der Waals surface area contributed by atoms with Crippen LogP contribution < -0.4 is 5.32 Å². The molecule has 0 aliphatic heterocycles. The number of benzene rings is 3. The SMILES string of the molecule is N#Cc1ccc(COC(=O)[C@@H](Cc2ccccc2)NC(=O)c2ccccc2)cc1. The molecular formula is C24H20N2O3. The summed E-state index contributed by atoms with van der Waals surface area (Å²) >= 11 is 0. The van der Waals surface area contributed by atoms with Crippen LogP contribution in [0.3, 0.4) is 0 Å². The second kappa shape index (κ2) is 9.86. The maximum Gasteiger partial charge on any atom is 0.329 e. The fraction of sp³-hybridized carbons (Fsp3) is 0.125. The third-order valence-corrected chi connectivity index (χ3v) is 4.37. The molecule has 3 rings (SSSR count). The van der Waals surface area contributed by atoms with Gasteiger partial charge in [0.1, 0.15) is 12.6 Å². The van der Waals surface area contributed by atoms with Crippen LogP contribution in [-0.4, -0.2) is 17.9 Å². The Kier molecular flexibility index (Phi) is 6.75. The first-order chi connectivity index (χ1) is 14.2. The number of ether oxygens (including phenoxy) is 1. The van der Waals surface area contributed by atoms with Crippen molar-refractivity contribution in [1.82, 2.24) is 5.32 Å². The lowest BCUT2D eigenvalue weighted by molar-refractivity contribution is -0.147. The van der Waals surface area contributed by atoms with Crippen molar-refractivity contribution < 1.29 is 14.3 Å². The van der Waals surface area contributed by atoms with Crippen molar-refractivity contribution in [1.29, 1.82) is 5.26 Å². The number of hydrogen-bond donors (Lipinski definition) is 1. The predicted octanol–water partition coefficient (Wildman–Crippen LogP) is 3.64. The van der Waals surface area contributed by atoms with Crippen molar-refractivity contribution in [2.24, 2.45) is 0 Å². The number of esters is 1. The molecule has 0 spiro atoms. The molecule has 0 saturated heterocycles. The second-order valence-corrected chi connectivity index (χ2v) is 6.50. The average molecular weight is 384 g/mol. The number of carbonyl (C=O) groups excluding carboxylic acids is 2. The molecule has 0 bridgehead atoms. The van der Waals surface area contributed by atoms with Gasteiger partial charge in [0, 0.05) is 12.0 Å². The van der Waals surface area contributed by atoms with Crippen LogP contribution >= 0.6 is 0 Å². The van der Waals surface area contributed by atoms with Crippen LogP contribution in [0.25, 0.3) is 0 Å². The molecule has 1 N–H and O–H groups in total. The van der Waals surface area contributed by atoms with Crippen LogP contribution in [0.2, 0.25) is 0 Å². The Morgan fingerprint density at radius 3 is 2.10 bits per heavy atom. The highest BCUT2D eigenvalue weighted by atomic mass is 16.5. The molecule has 0 aliphatic carbocycles. The normalized spacial score (nSPS) is 11.1. The Bertz CT molecular complexity index is 994. The molecule has 0 aliphatic rings. The van der Waals surface area contributed by atoms with E-state index in [1.807, 2.05) is 42.5 Å². The van der Waals surface area contributed by atoms with Crippen molar-refractivity contribution in [3.8, 4) is 6.07 Å². The number of hydrogen-bond acceptors (Lipinski definition) is 4. The highest BCUT2D eigenvalue weighted by Gasteiger charge is 2.23. The van der Waals surface area contributed by atoms with E-state index in [2.05, 4.69) is 5.32 Å². The zero-order valence-corrected chi connectivity index (χ0v) is 15.7. The van der Waals surface area contributed by atoms with Crippen LogP contribution in [0, 0.1) is 11.3 Å². The summed E-state index contributed by atoms with van der Waals surface area (Å²) < 4.78 is 5.44. The van der Waals surface area contributed by atoms with Crippen molar-refractivity contribution >= 4 is 11.9 Å². The summed E-state index contributed by atoms with van der Waals surface area (Å²) in [4.78, 5) is 25.3. The van der Waals surface area contributed by atoms with Crippen molar-refractivity contribution in [3.05, 3.63) is 107 Å². The maximum absolute atomic E-state index is 12.7.